The maximum Gasteiger partial charge on any atom is 0.283 e. The first kappa shape index (κ1) is 23.3. The van der Waals surface area contributed by atoms with Crippen LogP contribution in [0.5, 0.6) is 17.2 Å². The van der Waals surface area contributed by atoms with Crippen LogP contribution in [-0.4, -0.2) is 33.1 Å². The van der Waals surface area contributed by atoms with E-state index < -0.39 is 11.8 Å². The summed E-state index contributed by atoms with van der Waals surface area (Å²) in [5, 5.41) is 3.14. The molecule has 8 heteroatoms. The highest BCUT2D eigenvalue weighted by atomic mass is 32.2. The average Bonchev–Trinajstić information content (AvgIpc) is 3.09. The molecule has 3 aromatic carbocycles. The fourth-order valence-electron chi connectivity index (χ4n) is 3.44. The topological polar surface area (TPSA) is 77.1 Å². The standard InChI is InChI=1S/C26H24N2O5S/c1-16-5-12-20(13-6-16)34-24-23(27-21-14-11-19(32-3)15-22(21)33-4)25(29)28(26(24)30)17-7-9-18(31-2)10-8-17/h5-15,27H,1-4H3. The molecule has 2 amide bonds. The highest BCUT2D eigenvalue weighted by Gasteiger charge is 2.40. The highest BCUT2D eigenvalue weighted by Crippen LogP contribution is 2.40. The molecular weight excluding hydrogens is 452 g/mol. The third kappa shape index (κ3) is 4.58. The normalized spacial score (nSPS) is 13.4. The minimum Gasteiger partial charge on any atom is -0.497 e. The molecule has 0 atom stereocenters. The number of benzene rings is 3. The van der Waals surface area contributed by atoms with Gasteiger partial charge in [0.15, 0.2) is 0 Å². The molecule has 0 bridgehead atoms. The van der Waals surface area contributed by atoms with Crippen molar-refractivity contribution in [2.75, 3.05) is 31.5 Å². The quantitative estimate of drug-likeness (QED) is 0.458. The number of hydrogen-bond acceptors (Lipinski definition) is 7. The van der Waals surface area contributed by atoms with E-state index in [0.29, 0.717) is 33.5 Å². The van der Waals surface area contributed by atoms with E-state index in [0.717, 1.165) is 15.4 Å². The summed E-state index contributed by atoms with van der Waals surface area (Å²) < 4.78 is 15.9. The number of amides is 2. The molecule has 0 saturated heterocycles. The van der Waals surface area contributed by atoms with Gasteiger partial charge in [-0.2, -0.15) is 0 Å². The van der Waals surface area contributed by atoms with Crippen LogP contribution in [0.2, 0.25) is 0 Å². The lowest BCUT2D eigenvalue weighted by molar-refractivity contribution is -0.120. The minimum absolute atomic E-state index is 0.176. The second-order valence-electron chi connectivity index (χ2n) is 7.45. The van der Waals surface area contributed by atoms with Crippen molar-refractivity contribution in [3.05, 3.63) is 82.9 Å². The molecule has 0 spiro atoms. The van der Waals surface area contributed by atoms with E-state index in [1.807, 2.05) is 31.2 Å². The fourth-order valence-corrected chi connectivity index (χ4v) is 4.37. The van der Waals surface area contributed by atoms with E-state index in [4.69, 9.17) is 14.2 Å². The number of nitrogens with zero attached hydrogens (tertiary/aromatic N) is 1. The number of imide groups is 1. The Morgan fingerprint density at radius 1 is 0.765 bits per heavy atom. The van der Waals surface area contributed by atoms with Gasteiger partial charge in [-0.25, -0.2) is 4.90 Å². The van der Waals surface area contributed by atoms with Crippen LogP contribution < -0.4 is 24.4 Å². The molecule has 34 heavy (non-hydrogen) atoms. The Bertz CT molecular complexity index is 1250. The number of carbonyl (C=O) groups is 2. The lowest BCUT2D eigenvalue weighted by atomic mass is 10.2. The molecule has 0 aromatic heterocycles. The molecule has 7 nitrogen and oxygen atoms in total. The fraction of sp³-hybridized carbons (Fsp3) is 0.154. The van der Waals surface area contributed by atoms with Gasteiger partial charge in [-0.3, -0.25) is 9.59 Å². The molecule has 0 aliphatic carbocycles. The number of rotatable bonds is 8. The van der Waals surface area contributed by atoms with Crippen LogP contribution in [0, 0.1) is 6.92 Å². The van der Waals surface area contributed by atoms with E-state index in [1.165, 1.54) is 18.9 Å². The smallest absolute Gasteiger partial charge is 0.283 e. The highest BCUT2D eigenvalue weighted by molar-refractivity contribution is 8.04. The van der Waals surface area contributed by atoms with Gasteiger partial charge in [-0.15, -0.1) is 0 Å². The van der Waals surface area contributed by atoms with Gasteiger partial charge in [-0.05, 0) is 55.5 Å². The second kappa shape index (κ2) is 9.93. The van der Waals surface area contributed by atoms with Crippen LogP contribution in [0.3, 0.4) is 0 Å². The van der Waals surface area contributed by atoms with Crippen molar-refractivity contribution in [2.45, 2.75) is 11.8 Å². The third-order valence-corrected chi connectivity index (χ3v) is 6.37. The van der Waals surface area contributed by atoms with Crippen LogP contribution in [0.4, 0.5) is 11.4 Å². The zero-order chi connectivity index (χ0) is 24.2. The van der Waals surface area contributed by atoms with Crippen molar-refractivity contribution in [3.8, 4) is 17.2 Å². The molecule has 0 radical (unpaired) electrons. The maximum atomic E-state index is 13.5. The number of hydrogen-bond donors (Lipinski definition) is 1. The predicted molar refractivity (Wildman–Crippen MR) is 133 cm³/mol. The van der Waals surface area contributed by atoms with E-state index in [9.17, 15) is 9.59 Å². The summed E-state index contributed by atoms with van der Waals surface area (Å²) in [4.78, 5) is 29.3. The van der Waals surface area contributed by atoms with Gasteiger partial charge in [0.25, 0.3) is 11.8 Å². The SMILES string of the molecule is COc1ccc(N2C(=O)C(Nc3ccc(OC)cc3OC)=C(Sc3ccc(C)cc3)C2=O)cc1. The van der Waals surface area contributed by atoms with Crippen molar-refractivity contribution >= 4 is 35.0 Å². The summed E-state index contributed by atoms with van der Waals surface area (Å²) >= 11 is 1.24. The molecule has 4 rings (SSSR count). The number of thioether (sulfide) groups is 1. The van der Waals surface area contributed by atoms with Crippen LogP contribution in [0.25, 0.3) is 0 Å². The average molecular weight is 477 g/mol. The Balaban J connectivity index is 1.75. The lowest BCUT2D eigenvalue weighted by Crippen LogP contribution is -2.32. The molecular formula is C26H24N2O5S. The first-order valence-electron chi connectivity index (χ1n) is 10.5. The molecule has 1 heterocycles. The zero-order valence-electron chi connectivity index (χ0n) is 19.2. The van der Waals surface area contributed by atoms with Gasteiger partial charge in [0, 0.05) is 11.0 Å². The van der Waals surface area contributed by atoms with Crippen molar-refractivity contribution in [1.29, 1.82) is 0 Å². The molecule has 0 unspecified atom stereocenters. The number of ether oxygens (including phenoxy) is 3. The van der Waals surface area contributed by atoms with Crippen LogP contribution in [0.1, 0.15) is 5.56 Å². The van der Waals surface area contributed by atoms with Gasteiger partial charge in [-0.1, -0.05) is 29.5 Å². The Labute approximate surface area is 202 Å². The van der Waals surface area contributed by atoms with Crippen LogP contribution in [0.15, 0.2) is 82.2 Å². The molecule has 1 aliphatic heterocycles. The molecule has 3 aromatic rings. The summed E-state index contributed by atoms with van der Waals surface area (Å²) in [5.41, 5.74) is 2.28. The number of nitrogens with one attached hydrogen (secondary N) is 1. The van der Waals surface area contributed by atoms with E-state index >= 15 is 0 Å². The first-order valence-corrected chi connectivity index (χ1v) is 11.3. The number of anilines is 2. The molecule has 0 fully saturated rings. The summed E-state index contributed by atoms with van der Waals surface area (Å²) in [6, 6.07) is 19.8. The van der Waals surface area contributed by atoms with E-state index in [1.54, 1.807) is 56.7 Å². The summed E-state index contributed by atoms with van der Waals surface area (Å²) in [5.74, 6) is 0.860. The Morgan fingerprint density at radius 2 is 1.41 bits per heavy atom. The van der Waals surface area contributed by atoms with Crippen molar-refractivity contribution < 1.29 is 23.8 Å². The number of methoxy groups -OCH3 is 3. The van der Waals surface area contributed by atoms with Crippen molar-refractivity contribution in [3.63, 3.8) is 0 Å². The van der Waals surface area contributed by atoms with Crippen molar-refractivity contribution in [1.82, 2.24) is 0 Å². The maximum absolute atomic E-state index is 13.5. The third-order valence-electron chi connectivity index (χ3n) is 5.28. The first-order chi connectivity index (χ1) is 16.4. The van der Waals surface area contributed by atoms with Gasteiger partial charge in [0.1, 0.15) is 27.9 Å². The summed E-state index contributed by atoms with van der Waals surface area (Å²) in [7, 11) is 4.65. The van der Waals surface area contributed by atoms with Gasteiger partial charge < -0.3 is 19.5 Å². The van der Waals surface area contributed by atoms with E-state index in [2.05, 4.69) is 5.32 Å². The van der Waals surface area contributed by atoms with Crippen LogP contribution in [-0.2, 0) is 9.59 Å². The monoisotopic (exact) mass is 476 g/mol. The van der Waals surface area contributed by atoms with Gasteiger partial charge in [0.05, 0.1) is 32.7 Å². The van der Waals surface area contributed by atoms with E-state index in [-0.39, 0.29) is 5.70 Å². The predicted octanol–water partition coefficient (Wildman–Crippen LogP) is 5.01. The molecule has 174 valence electrons. The molecule has 0 saturated carbocycles. The van der Waals surface area contributed by atoms with Gasteiger partial charge in [0.2, 0.25) is 0 Å². The zero-order valence-corrected chi connectivity index (χ0v) is 20.1. The molecule has 1 aliphatic rings. The Hall–Kier alpha value is -3.91. The largest absolute Gasteiger partial charge is 0.497 e. The summed E-state index contributed by atoms with van der Waals surface area (Å²) in [6.45, 7) is 1.99. The number of aryl methyl sites for hydroxylation is 1. The minimum atomic E-state index is -0.456. The van der Waals surface area contributed by atoms with Crippen LogP contribution >= 0.6 is 11.8 Å². The van der Waals surface area contributed by atoms with Crippen molar-refractivity contribution in [2.24, 2.45) is 0 Å². The van der Waals surface area contributed by atoms with Gasteiger partial charge >= 0.3 is 0 Å². The summed E-state index contributed by atoms with van der Waals surface area (Å²) in [6.07, 6.45) is 0. The molecule has 1 N–H and O–H groups in total. The Kier molecular flexibility index (Phi) is 6.79. The second-order valence-corrected chi connectivity index (χ2v) is 8.54. The number of carbonyl (C=O) groups excluding carboxylic acids is 2. The lowest BCUT2D eigenvalue weighted by Gasteiger charge is -2.16. The Morgan fingerprint density at radius 3 is 2.03 bits per heavy atom.